The number of methoxy groups -OCH3 is 1. The van der Waals surface area contributed by atoms with Crippen LogP contribution in [0, 0.1) is 0 Å². The lowest BCUT2D eigenvalue weighted by molar-refractivity contribution is -0.122. The van der Waals surface area contributed by atoms with Gasteiger partial charge in [-0.2, -0.15) is 0 Å². The van der Waals surface area contributed by atoms with Crippen LogP contribution >= 0.6 is 0 Å². The molecule has 0 aliphatic heterocycles. The van der Waals surface area contributed by atoms with Crippen LogP contribution in [0.15, 0.2) is 24.3 Å². The summed E-state index contributed by atoms with van der Waals surface area (Å²) < 4.78 is 10.6. The molecule has 0 radical (unpaired) electrons. The highest BCUT2D eigenvalue weighted by Crippen LogP contribution is 2.25. The van der Waals surface area contributed by atoms with Crippen molar-refractivity contribution in [1.82, 2.24) is 5.32 Å². The average molecular weight is 252 g/mol. The van der Waals surface area contributed by atoms with Crippen molar-refractivity contribution >= 4 is 5.91 Å². The van der Waals surface area contributed by atoms with Gasteiger partial charge in [-0.1, -0.05) is 12.1 Å². The zero-order valence-electron chi connectivity index (χ0n) is 10.8. The number of hydrogen-bond donors (Lipinski definition) is 2. The minimum atomic E-state index is -0.0668. The second-order valence-electron chi connectivity index (χ2n) is 3.95. The van der Waals surface area contributed by atoms with Crippen molar-refractivity contribution in [2.24, 2.45) is 5.73 Å². The smallest absolute Gasteiger partial charge is 0.223 e. The molecular formula is C13H20N2O3. The number of amides is 1. The van der Waals surface area contributed by atoms with Gasteiger partial charge in [0, 0.05) is 12.6 Å². The first kappa shape index (κ1) is 14.3. The van der Waals surface area contributed by atoms with Gasteiger partial charge in [0.25, 0.3) is 0 Å². The van der Waals surface area contributed by atoms with E-state index in [-0.39, 0.29) is 11.9 Å². The van der Waals surface area contributed by atoms with Gasteiger partial charge < -0.3 is 20.5 Å². The monoisotopic (exact) mass is 252 g/mol. The molecule has 1 amide bonds. The molecular weight excluding hydrogens is 232 g/mol. The largest absolute Gasteiger partial charge is 0.493 e. The van der Waals surface area contributed by atoms with Crippen molar-refractivity contribution in [3.05, 3.63) is 24.3 Å². The Kier molecular flexibility index (Phi) is 6.00. The molecule has 100 valence electrons. The van der Waals surface area contributed by atoms with Crippen molar-refractivity contribution in [2.75, 3.05) is 20.3 Å². The normalized spacial score (nSPS) is 11.7. The third kappa shape index (κ3) is 4.63. The van der Waals surface area contributed by atoms with E-state index in [9.17, 15) is 4.79 Å². The van der Waals surface area contributed by atoms with E-state index in [1.54, 1.807) is 13.2 Å². The summed E-state index contributed by atoms with van der Waals surface area (Å²) >= 11 is 0. The van der Waals surface area contributed by atoms with Crippen LogP contribution in [0.25, 0.3) is 0 Å². The molecule has 1 atom stereocenters. The standard InChI is InChI=1S/C13H20N2O3/c1-10(9-14)15-13(16)7-8-18-12-6-4-3-5-11(12)17-2/h3-6,10H,7-9,14H2,1-2H3,(H,15,16)/t10-/m0/s1. The highest BCUT2D eigenvalue weighted by atomic mass is 16.5. The van der Waals surface area contributed by atoms with Gasteiger partial charge in [0.15, 0.2) is 11.5 Å². The van der Waals surface area contributed by atoms with E-state index in [4.69, 9.17) is 15.2 Å². The molecule has 0 fully saturated rings. The Balaban J connectivity index is 2.35. The fourth-order valence-corrected chi connectivity index (χ4v) is 1.40. The fraction of sp³-hybridized carbons (Fsp3) is 0.462. The van der Waals surface area contributed by atoms with Crippen LogP contribution in [-0.2, 0) is 4.79 Å². The van der Waals surface area contributed by atoms with Gasteiger partial charge in [-0.3, -0.25) is 4.79 Å². The Bertz CT molecular complexity index is 382. The Labute approximate surface area is 107 Å². The summed E-state index contributed by atoms with van der Waals surface area (Å²) in [4.78, 5) is 11.5. The third-order valence-corrected chi connectivity index (χ3v) is 2.42. The Morgan fingerprint density at radius 2 is 2.06 bits per heavy atom. The van der Waals surface area contributed by atoms with Gasteiger partial charge in [0.1, 0.15) is 0 Å². The molecule has 3 N–H and O–H groups in total. The van der Waals surface area contributed by atoms with Crippen molar-refractivity contribution in [3.8, 4) is 11.5 Å². The van der Waals surface area contributed by atoms with Gasteiger partial charge >= 0.3 is 0 Å². The fourth-order valence-electron chi connectivity index (χ4n) is 1.40. The molecule has 5 nitrogen and oxygen atoms in total. The predicted octanol–water partition coefficient (Wildman–Crippen LogP) is 0.928. The number of nitrogens with one attached hydrogen (secondary N) is 1. The first-order chi connectivity index (χ1) is 8.67. The molecule has 5 heteroatoms. The van der Waals surface area contributed by atoms with E-state index < -0.39 is 0 Å². The van der Waals surface area contributed by atoms with Gasteiger partial charge in [-0.15, -0.1) is 0 Å². The highest BCUT2D eigenvalue weighted by Gasteiger charge is 2.07. The van der Waals surface area contributed by atoms with Gasteiger partial charge in [0.2, 0.25) is 5.91 Å². The summed E-state index contributed by atoms with van der Waals surface area (Å²) in [6, 6.07) is 7.32. The van der Waals surface area contributed by atoms with E-state index in [1.165, 1.54) is 0 Å². The van der Waals surface area contributed by atoms with Crippen LogP contribution in [0.1, 0.15) is 13.3 Å². The van der Waals surface area contributed by atoms with Crippen molar-refractivity contribution in [1.29, 1.82) is 0 Å². The first-order valence-electron chi connectivity index (χ1n) is 5.92. The molecule has 1 aromatic rings. The van der Waals surface area contributed by atoms with Crippen LogP contribution in [0.5, 0.6) is 11.5 Å². The molecule has 0 heterocycles. The SMILES string of the molecule is COc1ccccc1OCCC(=O)N[C@@H](C)CN. The molecule has 0 aliphatic rings. The zero-order chi connectivity index (χ0) is 13.4. The van der Waals surface area contributed by atoms with Crippen LogP contribution in [0.4, 0.5) is 0 Å². The molecule has 1 aromatic carbocycles. The van der Waals surface area contributed by atoms with E-state index in [1.807, 2.05) is 25.1 Å². The molecule has 0 bridgehead atoms. The average Bonchev–Trinajstić information content (AvgIpc) is 2.39. The summed E-state index contributed by atoms with van der Waals surface area (Å²) in [7, 11) is 1.58. The number of rotatable bonds is 7. The number of nitrogens with two attached hydrogens (primary N) is 1. The summed E-state index contributed by atoms with van der Waals surface area (Å²) in [5.41, 5.74) is 5.42. The molecule has 0 aromatic heterocycles. The van der Waals surface area contributed by atoms with Gasteiger partial charge in [-0.25, -0.2) is 0 Å². The number of hydrogen-bond acceptors (Lipinski definition) is 4. The number of benzene rings is 1. The second-order valence-corrected chi connectivity index (χ2v) is 3.95. The predicted molar refractivity (Wildman–Crippen MR) is 69.8 cm³/mol. The lowest BCUT2D eigenvalue weighted by Crippen LogP contribution is -2.38. The minimum absolute atomic E-state index is 0.0104. The Hall–Kier alpha value is -1.75. The Morgan fingerprint density at radius 3 is 2.67 bits per heavy atom. The molecule has 0 spiro atoms. The van der Waals surface area contributed by atoms with Crippen LogP contribution in [0.3, 0.4) is 0 Å². The molecule has 0 saturated carbocycles. The maximum absolute atomic E-state index is 11.5. The third-order valence-electron chi connectivity index (χ3n) is 2.42. The number of carbonyl (C=O) groups is 1. The molecule has 0 aliphatic carbocycles. The van der Waals surface area contributed by atoms with E-state index in [2.05, 4.69) is 5.32 Å². The summed E-state index contributed by atoms with van der Waals surface area (Å²) in [5.74, 6) is 1.23. The van der Waals surface area contributed by atoms with Crippen molar-refractivity contribution < 1.29 is 14.3 Å². The first-order valence-corrected chi connectivity index (χ1v) is 5.92. The van der Waals surface area contributed by atoms with E-state index >= 15 is 0 Å². The number of ether oxygens (including phenoxy) is 2. The van der Waals surface area contributed by atoms with Gasteiger partial charge in [-0.05, 0) is 19.1 Å². The molecule has 18 heavy (non-hydrogen) atoms. The molecule has 0 saturated heterocycles. The number of carbonyl (C=O) groups excluding carboxylic acids is 1. The van der Waals surface area contributed by atoms with Crippen LogP contribution < -0.4 is 20.5 Å². The highest BCUT2D eigenvalue weighted by molar-refractivity contribution is 5.76. The second kappa shape index (κ2) is 7.55. The Morgan fingerprint density at radius 1 is 1.39 bits per heavy atom. The molecule has 1 rings (SSSR count). The summed E-state index contributed by atoms with van der Waals surface area (Å²) in [5, 5.41) is 2.77. The maximum atomic E-state index is 11.5. The van der Waals surface area contributed by atoms with Gasteiger partial charge in [0.05, 0.1) is 20.1 Å². The summed E-state index contributed by atoms with van der Waals surface area (Å²) in [6.07, 6.45) is 0.294. The molecule has 0 unspecified atom stereocenters. The zero-order valence-corrected chi connectivity index (χ0v) is 10.8. The minimum Gasteiger partial charge on any atom is -0.493 e. The van der Waals surface area contributed by atoms with E-state index in [0.29, 0.717) is 31.1 Å². The lowest BCUT2D eigenvalue weighted by atomic mass is 10.3. The van der Waals surface area contributed by atoms with Crippen LogP contribution in [-0.4, -0.2) is 32.2 Å². The van der Waals surface area contributed by atoms with Crippen LogP contribution in [0.2, 0.25) is 0 Å². The summed E-state index contributed by atoms with van der Waals surface area (Å²) in [6.45, 7) is 2.60. The lowest BCUT2D eigenvalue weighted by Gasteiger charge is -2.12. The number of para-hydroxylation sites is 2. The van der Waals surface area contributed by atoms with Crippen molar-refractivity contribution in [2.45, 2.75) is 19.4 Å². The topological polar surface area (TPSA) is 73.6 Å². The quantitative estimate of drug-likeness (QED) is 0.757. The van der Waals surface area contributed by atoms with E-state index in [0.717, 1.165) is 0 Å². The van der Waals surface area contributed by atoms with Crippen molar-refractivity contribution in [3.63, 3.8) is 0 Å². The maximum Gasteiger partial charge on any atom is 0.223 e.